The fraction of sp³-hybridized carbons (Fsp3) is 0.0238. The first-order valence-electron chi connectivity index (χ1n) is 22.3. The molecule has 47 heteroatoms. The lowest BCUT2D eigenvalue weighted by Crippen LogP contribution is -2.03. The first-order valence-corrected chi connectivity index (χ1v) is 32.7. The number of nitrogens with two attached hydrogens (primary N) is 1. The maximum absolute atomic E-state index is 13.1. The van der Waals surface area contributed by atoms with E-state index < -0.39 is 211 Å². The molecule has 1 heterocycles. The number of rotatable bonds is 16. The fourth-order valence-electron chi connectivity index (χ4n) is 7.72. The molecule has 0 saturated heterocycles. The van der Waals surface area contributed by atoms with Crippen molar-refractivity contribution in [2.75, 3.05) is 5.73 Å². The fourth-order valence-corrected chi connectivity index (χ4v) is 12.5. The molecule has 0 aliphatic carbocycles. The first kappa shape index (κ1) is 67.4. The summed E-state index contributed by atoms with van der Waals surface area (Å²) in [6.45, 7) is 1.28. The van der Waals surface area contributed by atoms with Crippen molar-refractivity contribution in [2.45, 2.75) is 36.3 Å². The van der Waals surface area contributed by atoms with Crippen molar-refractivity contribution in [2.24, 2.45) is 40.9 Å². The summed E-state index contributed by atoms with van der Waals surface area (Å²) in [5.41, 5.74) is -1.59. The summed E-state index contributed by atoms with van der Waals surface area (Å²) in [5, 5.41) is 74.7. The molecule has 0 atom stereocenters. The Labute approximate surface area is 507 Å². The molecule has 0 radical (unpaired) electrons. The third kappa shape index (κ3) is 14.6. The minimum absolute atomic E-state index is 0.112. The van der Waals surface area contributed by atoms with Gasteiger partial charge in [0.2, 0.25) is 5.88 Å². The number of halogens is 2. The normalized spacial score (nSPS) is 12.9. The Balaban J connectivity index is 0.00000274. The Morgan fingerprint density at radius 3 is 1.55 bits per heavy atom. The summed E-state index contributed by atoms with van der Waals surface area (Å²) in [6, 6.07) is 10.3. The van der Waals surface area contributed by atoms with Crippen molar-refractivity contribution in [1.29, 1.82) is 0 Å². The van der Waals surface area contributed by atoms with E-state index in [1.54, 1.807) is 0 Å². The van der Waals surface area contributed by atoms with Crippen LogP contribution in [0.25, 0.3) is 27.2 Å². The Morgan fingerprint density at radius 1 is 0.506 bits per heavy atom. The lowest BCUT2D eigenvalue weighted by Gasteiger charge is -2.13. The summed E-state index contributed by atoms with van der Waals surface area (Å²) < 4.78 is 236. The van der Waals surface area contributed by atoms with Gasteiger partial charge < -0.3 is 21.1 Å². The number of aryl methyl sites for hydroxylation is 1. The number of nitrogens with zero attached hydrogens (tertiary/aromatic N) is 11. The van der Waals surface area contributed by atoms with Crippen LogP contribution in [0.15, 0.2) is 155 Å². The van der Waals surface area contributed by atoms with Gasteiger partial charge in [-0.1, -0.05) is 29.3 Å². The summed E-state index contributed by atoms with van der Waals surface area (Å²) in [5.74, 6) is -3.20. The molecule has 1 aromatic heterocycles. The Kier molecular flexibility index (Phi) is 18.6. The maximum Gasteiger partial charge on any atom is 0.425 e. The number of nitro groups is 1. The van der Waals surface area contributed by atoms with Gasteiger partial charge in [-0.05, 0) is 73.7 Å². The number of fused-ring (bicyclic) bond motifs is 2. The van der Waals surface area contributed by atoms with Crippen molar-refractivity contribution in [3.05, 3.63) is 111 Å². The smallest absolute Gasteiger partial charge is 0.425 e. The van der Waals surface area contributed by atoms with Gasteiger partial charge in [0.25, 0.3) is 66.4 Å². The third-order valence-electron chi connectivity index (χ3n) is 11.4. The number of phenols is 2. The highest BCUT2D eigenvalue weighted by molar-refractivity contribution is 7.87. The monoisotopic (exact) mass is 1410 g/mol. The van der Waals surface area contributed by atoms with Crippen LogP contribution in [0.1, 0.15) is 5.69 Å². The van der Waals surface area contributed by atoms with E-state index in [0.717, 1.165) is 59.3 Å². The molecular weight excluding hydrogens is 1380 g/mol. The largest absolute Gasteiger partial charge is 0.505 e. The number of hydrogen-bond acceptors (Lipinski definition) is 30. The van der Waals surface area contributed by atoms with Gasteiger partial charge in [0.1, 0.15) is 63.5 Å². The number of nitro benzene ring substituents is 1. The standard InChI is InChI=1S/C42H28Cl2N12O23S6.O3S/c1-16-37(42(59)55(54-16)29-13-23(44)31(14-22(29)43)81(65,66)67)52-48-24-6-2-17(10-32(24)82(68,69)70)46-53-38-34(84(74,75)76)12-21-19(39(38)57)4-9-27(41(21)85(77,78)79)50-51-28-15-30(80(62,63)64)20-5-8-26(40(58)35(20)36(28)45)49-47-25-7-3-18(56(60)61)11-33(25)83(71,72)73;1-4(2)3/h2-15,57-59H,45H2,1H3,(H,62,63,64)(H,65,66,67)(H,68,69,70)(H,71,72,73)(H,74,75,76)(H,77,78,79);. The third-order valence-corrected chi connectivity index (χ3v) is 17.5. The zero-order valence-electron chi connectivity index (χ0n) is 42.7. The highest BCUT2D eigenvalue weighted by Crippen LogP contribution is 2.49. The van der Waals surface area contributed by atoms with Crippen molar-refractivity contribution in [1.82, 2.24) is 9.78 Å². The highest BCUT2D eigenvalue weighted by Gasteiger charge is 2.30. The number of azo groups is 4. The van der Waals surface area contributed by atoms with Gasteiger partial charge >= 0.3 is 10.6 Å². The number of hydrogen-bond donors (Lipinski definition) is 10. The molecule has 89 heavy (non-hydrogen) atoms. The van der Waals surface area contributed by atoms with Crippen LogP contribution in [0, 0.1) is 17.0 Å². The quantitative estimate of drug-likeness (QED) is 0.0142. The van der Waals surface area contributed by atoms with Crippen LogP contribution < -0.4 is 5.73 Å². The zero-order chi connectivity index (χ0) is 66.6. The van der Waals surface area contributed by atoms with Crippen LogP contribution >= 0.6 is 23.2 Å². The Bertz CT molecular complexity index is 5400. The van der Waals surface area contributed by atoms with E-state index in [9.17, 15) is 103 Å². The predicted molar refractivity (Wildman–Crippen MR) is 300 cm³/mol. The Morgan fingerprint density at radius 2 is 0.989 bits per heavy atom. The van der Waals surface area contributed by atoms with Gasteiger partial charge in [0.05, 0.1) is 43.1 Å². The number of phenolic OH excluding ortho intramolecular Hbond substituents is 2. The second kappa shape index (κ2) is 24.5. The first-order chi connectivity index (χ1) is 40.9. The molecule has 7 aromatic carbocycles. The van der Waals surface area contributed by atoms with E-state index >= 15 is 0 Å². The van der Waals surface area contributed by atoms with Crippen molar-refractivity contribution >= 4 is 173 Å². The molecule has 0 aliphatic rings. The van der Waals surface area contributed by atoms with E-state index in [-0.39, 0.29) is 11.4 Å². The lowest BCUT2D eigenvalue weighted by atomic mass is 10.1. The molecule has 468 valence electrons. The van der Waals surface area contributed by atoms with E-state index in [1.165, 1.54) is 6.92 Å². The zero-order valence-corrected chi connectivity index (χ0v) is 49.9. The van der Waals surface area contributed by atoms with Crippen LogP contribution in [-0.2, 0) is 71.3 Å². The van der Waals surface area contributed by atoms with E-state index in [0.29, 0.717) is 30.3 Å². The van der Waals surface area contributed by atoms with Gasteiger partial charge in [0, 0.05) is 28.3 Å². The van der Waals surface area contributed by atoms with Crippen LogP contribution in [0.2, 0.25) is 10.0 Å². The van der Waals surface area contributed by atoms with E-state index in [1.807, 2.05) is 0 Å². The molecule has 11 N–H and O–H groups in total. The summed E-state index contributed by atoms with van der Waals surface area (Å²) in [7, 11) is -35.1. The number of aromatic nitrogens is 2. The minimum Gasteiger partial charge on any atom is -0.505 e. The van der Waals surface area contributed by atoms with Crippen LogP contribution in [0.4, 0.5) is 56.9 Å². The van der Waals surface area contributed by atoms with Gasteiger partial charge in [-0.3, -0.25) is 37.4 Å². The molecule has 38 nitrogen and oxygen atoms in total. The molecule has 0 amide bonds. The van der Waals surface area contributed by atoms with E-state index in [2.05, 4.69) is 46.0 Å². The topological polar surface area (TPSA) is 624 Å². The molecule has 0 aliphatic heterocycles. The summed E-state index contributed by atoms with van der Waals surface area (Å²) in [6.07, 6.45) is 0. The molecule has 8 aromatic rings. The molecule has 8 rings (SSSR count). The number of non-ortho nitro benzene ring substituents is 1. The summed E-state index contributed by atoms with van der Waals surface area (Å²) >= 11 is 12.2. The highest BCUT2D eigenvalue weighted by atomic mass is 35.5. The predicted octanol–water partition coefficient (Wildman–Crippen LogP) is 8.54. The SMILES string of the molecule is Cc1nn(-c2cc(Cl)c(S(=O)(=O)O)cc2Cl)c(O)c1N=Nc1ccc(N=Nc2c(S(=O)(=O)O)cc3c(S(=O)(=O)O)c(N=Nc4cc(S(=O)(=O)O)c5ccc(N=Nc6ccc([N+](=O)[O-])cc6S(=O)(=O)O)c(O)c5c4N)ccc3c2O)cc1S(=O)(=O)O.O=S(=O)=O. The minimum atomic E-state index is -5.68. The van der Waals surface area contributed by atoms with Gasteiger partial charge in [-0.15, -0.1) is 48.4 Å². The molecule has 0 spiro atoms. The molecule has 0 bridgehead atoms. The second-order valence-corrected chi connectivity index (χ2v) is 26.6. The van der Waals surface area contributed by atoms with Gasteiger partial charge in [0.15, 0.2) is 17.2 Å². The van der Waals surface area contributed by atoms with Crippen LogP contribution in [-0.4, -0.2) is 120 Å². The van der Waals surface area contributed by atoms with Crippen molar-refractivity contribution < 1.29 is 111 Å². The average molecular weight is 1410 g/mol. The number of anilines is 1. The van der Waals surface area contributed by atoms with E-state index in [4.69, 9.17) is 41.6 Å². The molecular formula is C42H28Cl2N12O26S7. The van der Waals surface area contributed by atoms with Crippen LogP contribution in [0.5, 0.6) is 17.4 Å². The van der Waals surface area contributed by atoms with Crippen molar-refractivity contribution in [3.8, 4) is 23.1 Å². The number of nitrogen functional groups attached to an aromatic ring is 1. The number of benzene rings is 7. The molecule has 0 saturated carbocycles. The Hall–Kier alpha value is -9.07. The maximum atomic E-state index is 13.1. The summed E-state index contributed by atoms with van der Waals surface area (Å²) in [4.78, 5) is 3.39. The van der Waals surface area contributed by atoms with Crippen molar-refractivity contribution in [3.63, 3.8) is 0 Å². The van der Waals surface area contributed by atoms with Gasteiger partial charge in [-0.2, -0.15) is 65.4 Å². The van der Waals surface area contributed by atoms with Gasteiger partial charge in [-0.25, -0.2) is 0 Å². The second-order valence-electron chi connectivity index (χ2n) is 17.1. The van der Waals surface area contributed by atoms with Crippen LogP contribution in [0.3, 0.4) is 0 Å². The average Bonchev–Trinajstić information content (AvgIpc) is 1.22. The molecule has 0 fully saturated rings. The number of aromatic hydroxyl groups is 3. The lowest BCUT2D eigenvalue weighted by molar-refractivity contribution is -0.385. The molecule has 0 unspecified atom stereocenters.